The largest absolute Gasteiger partial charge is 0.387 e. The van der Waals surface area contributed by atoms with E-state index in [1.165, 1.54) is 16.7 Å². The predicted molar refractivity (Wildman–Crippen MR) is 75.8 cm³/mol. The van der Waals surface area contributed by atoms with Gasteiger partial charge in [-0.15, -0.1) is 0 Å². The summed E-state index contributed by atoms with van der Waals surface area (Å²) in [5.74, 6) is 0.668. The number of piperidine rings is 1. The third-order valence-electron chi connectivity index (χ3n) is 4.00. The lowest BCUT2D eigenvalue weighted by Gasteiger charge is -2.31. The molecular formula is C15H23N3. The maximum atomic E-state index is 7.49. The average Bonchev–Trinajstić information content (AvgIpc) is 2.34. The predicted octanol–water partition coefficient (Wildman–Crippen LogP) is 2.45. The van der Waals surface area contributed by atoms with Crippen LogP contribution < -0.4 is 5.73 Å². The molecule has 0 amide bonds. The SMILES string of the molecule is Cc1ccc(CN2CCC(C(=N)N)CC2)cc1C. The van der Waals surface area contributed by atoms with E-state index in [1.54, 1.807) is 0 Å². The minimum atomic E-state index is 0.306. The fourth-order valence-corrected chi connectivity index (χ4v) is 2.56. The fraction of sp³-hybridized carbons (Fsp3) is 0.533. The number of aryl methyl sites for hydroxylation is 2. The molecular weight excluding hydrogens is 222 g/mol. The van der Waals surface area contributed by atoms with Crippen molar-refractivity contribution in [1.29, 1.82) is 5.41 Å². The first-order chi connectivity index (χ1) is 8.56. The van der Waals surface area contributed by atoms with Gasteiger partial charge in [0.25, 0.3) is 0 Å². The highest BCUT2D eigenvalue weighted by atomic mass is 15.1. The van der Waals surface area contributed by atoms with Gasteiger partial charge < -0.3 is 5.73 Å². The first-order valence-corrected chi connectivity index (χ1v) is 6.68. The Morgan fingerprint density at radius 2 is 1.94 bits per heavy atom. The van der Waals surface area contributed by atoms with Crippen LogP contribution in [0.1, 0.15) is 29.5 Å². The van der Waals surface area contributed by atoms with Gasteiger partial charge in [-0.3, -0.25) is 10.3 Å². The van der Waals surface area contributed by atoms with Crippen LogP contribution in [0.2, 0.25) is 0 Å². The highest BCUT2D eigenvalue weighted by molar-refractivity contribution is 5.79. The summed E-state index contributed by atoms with van der Waals surface area (Å²) in [7, 11) is 0. The van der Waals surface area contributed by atoms with E-state index in [4.69, 9.17) is 11.1 Å². The van der Waals surface area contributed by atoms with Crippen LogP contribution in [0.15, 0.2) is 18.2 Å². The van der Waals surface area contributed by atoms with E-state index in [2.05, 4.69) is 36.9 Å². The molecule has 1 fully saturated rings. The Hall–Kier alpha value is -1.35. The maximum Gasteiger partial charge on any atom is 0.0937 e. The fourth-order valence-electron chi connectivity index (χ4n) is 2.56. The summed E-state index contributed by atoms with van der Waals surface area (Å²) in [4.78, 5) is 2.46. The van der Waals surface area contributed by atoms with E-state index in [0.717, 1.165) is 32.5 Å². The molecule has 0 aromatic heterocycles. The summed E-state index contributed by atoms with van der Waals surface area (Å²) in [6.07, 6.45) is 2.06. The molecule has 3 nitrogen and oxygen atoms in total. The number of nitrogens with one attached hydrogen (secondary N) is 1. The van der Waals surface area contributed by atoms with Gasteiger partial charge in [-0.2, -0.15) is 0 Å². The van der Waals surface area contributed by atoms with Gasteiger partial charge in [0.1, 0.15) is 0 Å². The number of benzene rings is 1. The molecule has 1 saturated heterocycles. The van der Waals surface area contributed by atoms with Gasteiger partial charge in [-0.25, -0.2) is 0 Å². The molecule has 1 aromatic rings. The van der Waals surface area contributed by atoms with Gasteiger partial charge in [0.2, 0.25) is 0 Å². The smallest absolute Gasteiger partial charge is 0.0937 e. The van der Waals surface area contributed by atoms with Gasteiger partial charge in [0, 0.05) is 12.5 Å². The lowest BCUT2D eigenvalue weighted by Crippen LogP contribution is -2.37. The molecule has 3 heteroatoms. The van der Waals surface area contributed by atoms with Crippen LogP contribution in [-0.4, -0.2) is 23.8 Å². The van der Waals surface area contributed by atoms with Gasteiger partial charge in [-0.1, -0.05) is 18.2 Å². The van der Waals surface area contributed by atoms with Crippen molar-refractivity contribution >= 4 is 5.84 Å². The Kier molecular flexibility index (Phi) is 4.02. The Bertz CT molecular complexity index is 431. The second-order valence-electron chi connectivity index (χ2n) is 5.42. The first kappa shape index (κ1) is 13.1. The van der Waals surface area contributed by atoms with Crippen LogP contribution in [0, 0.1) is 25.2 Å². The number of rotatable bonds is 3. The molecule has 1 heterocycles. The molecule has 1 aromatic carbocycles. The van der Waals surface area contributed by atoms with Gasteiger partial charge in [-0.05, 0) is 56.5 Å². The number of nitrogens with zero attached hydrogens (tertiary/aromatic N) is 1. The number of nitrogens with two attached hydrogens (primary N) is 1. The Balaban J connectivity index is 1.91. The molecule has 0 atom stereocenters. The lowest BCUT2D eigenvalue weighted by molar-refractivity contribution is 0.201. The highest BCUT2D eigenvalue weighted by Crippen LogP contribution is 2.19. The highest BCUT2D eigenvalue weighted by Gasteiger charge is 2.20. The lowest BCUT2D eigenvalue weighted by atomic mass is 9.95. The van der Waals surface area contributed by atoms with Crippen molar-refractivity contribution < 1.29 is 0 Å². The van der Waals surface area contributed by atoms with E-state index in [9.17, 15) is 0 Å². The van der Waals surface area contributed by atoms with Gasteiger partial charge in [0.15, 0.2) is 0 Å². The molecule has 18 heavy (non-hydrogen) atoms. The quantitative estimate of drug-likeness (QED) is 0.635. The van der Waals surface area contributed by atoms with Crippen molar-refractivity contribution in [2.24, 2.45) is 11.7 Å². The molecule has 0 radical (unpaired) electrons. The van der Waals surface area contributed by atoms with E-state index in [-0.39, 0.29) is 0 Å². The minimum Gasteiger partial charge on any atom is -0.387 e. The average molecular weight is 245 g/mol. The summed E-state index contributed by atoms with van der Waals surface area (Å²) in [6.45, 7) is 7.44. The topological polar surface area (TPSA) is 53.1 Å². The van der Waals surface area contributed by atoms with Crippen molar-refractivity contribution in [3.05, 3.63) is 34.9 Å². The van der Waals surface area contributed by atoms with E-state index < -0.39 is 0 Å². The zero-order chi connectivity index (χ0) is 13.1. The molecule has 2 rings (SSSR count). The molecule has 0 bridgehead atoms. The molecule has 0 aliphatic carbocycles. The van der Waals surface area contributed by atoms with Gasteiger partial charge in [0.05, 0.1) is 5.84 Å². The summed E-state index contributed by atoms with van der Waals surface area (Å²) in [5, 5.41) is 7.49. The normalized spacial score (nSPS) is 17.9. The maximum absolute atomic E-state index is 7.49. The minimum absolute atomic E-state index is 0.306. The van der Waals surface area contributed by atoms with Crippen molar-refractivity contribution in [3.8, 4) is 0 Å². The molecule has 0 saturated carbocycles. The third kappa shape index (κ3) is 3.10. The van der Waals surface area contributed by atoms with E-state index in [1.807, 2.05) is 0 Å². The van der Waals surface area contributed by atoms with Crippen LogP contribution in [0.3, 0.4) is 0 Å². The first-order valence-electron chi connectivity index (χ1n) is 6.68. The number of amidine groups is 1. The molecule has 1 aliphatic rings. The zero-order valence-corrected chi connectivity index (χ0v) is 11.4. The molecule has 0 unspecified atom stereocenters. The van der Waals surface area contributed by atoms with Crippen molar-refractivity contribution in [1.82, 2.24) is 4.90 Å². The standard InChI is InChI=1S/C15H23N3/c1-11-3-4-13(9-12(11)2)10-18-7-5-14(6-8-18)15(16)17/h3-4,9,14H,5-8,10H2,1-2H3,(H3,16,17). The Labute approximate surface area is 109 Å². The van der Waals surface area contributed by atoms with Gasteiger partial charge >= 0.3 is 0 Å². The Morgan fingerprint density at radius 1 is 1.28 bits per heavy atom. The van der Waals surface area contributed by atoms with Crippen LogP contribution in [0.4, 0.5) is 0 Å². The summed E-state index contributed by atoms with van der Waals surface area (Å²) in [6, 6.07) is 6.71. The molecule has 0 spiro atoms. The molecule has 98 valence electrons. The summed E-state index contributed by atoms with van der Waals surface area (Å²) < 4.78 is 0. The monoisotopic (exact) mass is 245 g/mol. The van der Waals surface area contributed by atoms with Crippen molar-refractivity contribution in [2.75, 3.05) is 13.1 Å². The Morgan fingerprint density at radius 3 is 2.50 bits per heavy atom. The van der Waals surface area contributed by atoms with Crippen LogP contribution in [-0.2, 0) is 6.54 Å². The second-order valence-corrected chi connectivity index (χ2v) is 5.42. The van der Waals surface area contributed by atoms with Crippen molar-refractivity contribution in [2.45, 2.75) is 33.2 Å². The third-order valence-corrected chi connectivity index (χ3v) is 4.00. The second kappa shape index (κ2) is 5.53. The number of hydrogen-bond donors (Lipinski definition) is 2. The molecule has 1 aliphatic heterocycles. The summed E-state index contributed by atoms with van der Waals surface area (Å²) in [5.41, 5.74) is 9.68. The van der Waals surface area contributed by atoms with Crippen LogP contribution >= 0.6 is 0 Å². The van der Waals surface area contributed by atoms with Crippen LogP contribution in [0.25, 0.3) is 0 Å². The zero-order valence-electron chi connectivity index (χ0n) is 11.4. The number of hydrogen-bond acceptors (Lipinski definition) is 2. The number of likely N-dealkylation sites (tertiary alicyclic amines) is 1. The van der Waals surface area contributed by atoms with Crippen molar-refractivity contribution in [3.63, 3.8) is 0 Å². The van der Waals surface area contributed by atoms with Crippen LogP contribution in [0.5, 0.6) is 0 Å². The molecule has 3 N–H and O–H groups in total. The summed E-state index contributed by atoms with van der Waals surface area (Å²) >= 11 is 0. The van der Waals surface area contributed by atoms with E-state index >= 15 is 0 Å². The van der Waals surface area contributed by atoms with E-state index in [0.29, 0.717) is 11.8 Å².